The molecule has 0 aliphatic heterocycles. The van der Waals surface area contributed by atoms with Crippen LogP contribution >= 0.6 is 0 Å². The van der Waals surface area contributed by atoms with Crippen LogP contribution in [0.2, 0.25) is 0 Å². The van der Waals surface area contributed by atoms with E-state index in [1.165, 1.54) is 6.08 Å². The molecule has 0 spiro atoms. The van der Waals surface area contributed by atoms with Crippen LogP contribution in [0.1, 0.15) is 25.0 Å². The Morgan fingerprint density at radius 3 is 2.67 bits per heavy atom. The summed E-state index contributed by atoms with van der Waals surface area (Å²) in [4.78, 5) is 11.8. The minimum Gasteiger partial charge on any atom is -0.476 e. The van der Waals surface area contributed by atoms with Crippen molar-refractivity contribution in [3.05, 3.63) is 42.0 Å². The number of carbonyl (C=O) groups excluding carboxylic acids is 1. The Morgan fingerprint density at radius 2 is 2.06 bits per heavy atom. The molecule has 0 aliphatic carbocycles. The zero-order valence-corrected chi connectivity index (χ0v) is 11.4. The molecule has 0 fully saturated rings. The summed E-state index contributed by atoms with van der Waals surface area (Å²) in [6.07, 6.45) is 1.53. The first kappa shape index (κ1) is 14.3. The summed E-state index contributed by atoms with van der Waals surface area (Å²) in [5.74, 6) is 0.304. The van der Waals surface area contributed by atoms with Crippen molar-refractivity contribution in [3.63, 3.8) is 0 Å². The van der Waals surface area contributed by atoms with E-state index in [1.807, 2.05) is 32.0 Å². The van der Waals surface area contributed by atoms with Crippen molar-refractivity contribution in [3.8, 4) is 5.75 Å². The van der Waals surface area contributed by atoms with E-state index in [-0.39, 0.29) is 6.61 Å². The molecule has 0 unspecified atom stereocenters. The largest absolute Gasteiger partial charge is 0.476 e. The first-order valence-electron chi connectivity index (χ1n) is 5.92. The fourth-order valence-corrected chi connectivity index (χ4v) is 1.46. The van der Waals surface area contributed by atoms with E-state index in [0.29, 0.717) is 5.75 Å². The maximum atomic E-state index is 11.8. The third-order valence-corrected chi connectivity index (χ3v) is 2.74. The van der Waals surface area contributed by atoms with Crippen LogP contribution in [0.4, 0.5) is 0 Å². The van der Waals surface area contributed by atoms with E-state index in [4.69, 9.17) is 9.47 Å². The van der Waals surface area contributed by atoms with Crippen LogP contribution in [-0.4, -0.2) is 18.2 Å². The molecule has 0 atom stereocenters. The molecule has 0 bridgehead atoms. The zero-order chi connectivity index (χ0) is 13.8. The highest BCUT2D eigenvalue weighted by molar-refractivity contribution is 5.79. The highest BCUT2D eigenvalue weighted by Crippen LogP contribution is 2.25. The fraction of sp³-hybridized carbons (Fsp3) is 0.400. The molecule has 18 heavy (non-hydrogen) atoms. The molecule has 0 N–H and O–H groups in total. The van der Waals surface area contributed by atoms with E-state index in [2.05, 4.69) is 6.58 Å². The lowest BCUT2D eigenvalue weighted by Crippen LogP contribution is -2.40. The van der Waals surface area contributed by atoms with E-state index in [9.17, 15) is 4.79 Å². The van der Waals surface area contributed by atoms with Gasteiger partial charge in [0.1, 0.15) is 12.4 Å². The Morgan fingerprint density at radius 1 is 1.39 bits per heavy atom. The Hall–Kier alpha value is -1.77. The summed E-state index contributed by atoms with van der Waals surface area (Å²) in [7, 11) is 0. The lowest BCUT2D eigenvalue weighted by atomic mass is 10.1. The molecule has 0 aromatic heterocycles. The Balaban J connectivity index is 2.84. The molecule has 1 aromatic carbocycles. The van der Waals surface area contributed by atoms with E-state index < -0.39 is 11.6 Å². The first-order chi connectivity index (χ1) is 8.38. The van der Waals surface area contributed by atoms with Gasteiger partial charge in [0.25, 0.3) is 0 Å². The van der Waals surface area contributed by atoms with E-state index in [0.717, 1.165) is 11.1 Å². The SMILES string of the molecule is C=CCOC(=O)C(C)(C)Oc1cccc(C)c1C. The number of ether oxygens (including phenoxy) is 2. The number of rotatable bonds is 5. The maximum absolute atomic E-state index is 11.8. The number of hydrogen-bond donors (Lipinski definition) is 0. The van der Waals surface area contributed by atoms with Crippen LogP contribution < -0.4 is 4.74 Å². The number of benzene rings is 1. The van der Waals surface area contributed by atoms with Gasteiger partial charge in [-0.3, -0.25) is 0 Å². The van der Waals surface area contributed by atoms with Gasteiger partial charge in [-0.25, -0.2) is 4.79 Å². The lowest BCUT2D eigenvalue weighted by Gasteiger charge is -2.25. The number of carbonyl (C=O) groups is 1. The van der Waals surface area contributed by atoms with Gasteiger partial charge < -0.3 is 9.47 Å². The Kier molecular flexibility index (Phi) is 4.54. The van der Waals surface area contributed by atoms with Crippen molar-refractivity contribution in [1.29, 1.82) is 0 Å². The standard InChI is InChI=1S/C15H20O3/c1-6-10-17-14(16)15(4,5)18-13-9-7-8-11(2)12(13)3/h6-9H,1,10H2,2-5H3. The second kappa shape index (κ2) is 5.71. The molecule has 0 heterocycles. The molecular formula is C15H20O3. The number of aryl methyl sites for hydroxylation is 1. The third-order valence-electron chi connectivity index (χ3n) is 2.74. The predicted molar refractivity (Wildman–Crippen MR) is 71.8 cm³/mol. The van der Waals surface area contributed by atoms with Crippen LogP contribution in [0.15, 0.2) is 30.9 Å². The van der Waals surface area contributed by atoms with Gasteiger partial charge in [0.15, 0.2) is 5.60 Å². The van der Waals surface area contributed by atoms with Gasteiger partial charge in [-0.15, -0.1) is 0 Å². The topological polar surface area (TPSA) is 35.5 Å². The van der Waals surface area contributed by atoms with Crippen molar-refractivity contribution < 1.29 is 14.3 Å². The Bertz CT molecular complexity index is 447. The normalized spacial score (nSPS) is 10.9. The van der Waals surface area contributed by atoms with Gasteiger partial charge in [0.2, 0.25) is 0 Å². The molecule has 0 amide bonds. The van der Waals surface area contributed by atoms with Gasteiger partial charge in [0.05, 0.1) is 0 Å². The molecule has 0 aliphatic rings. The molecule has 3 heteroatoms. The first-order valence-corrected chi connectivity index (χ1v) is 5.92. The predicted octanol–water partition coefficient (Wildman–Crippen LogP) is 3.19. The molecule has 3 nitrogen and oxygen atoms in total. The molecule has 0 radical (unpaired) electrons. The zero-order valence-electron chi connectivity index (χ0n) is 11.4. The fourth-order valence-electron chi connectivity index (χ4n) is 1.46. The summed E-state index contributed by atoms with van der Waals surface area (Å²) in [6.45, 7) is 11.1. The smallest absolute Gasteiger partial charge is 0.350 e. The second-order valence-electron chi connectivity index (χ2n) is 4.70. The molecule has 1 aromatic rings. The maximum Gasteiger partial charge on any atom is 0.350 e. The van der Waals surface area contributed by atoms with Crippen LogP contribution in [0.3, 0.4) is 0 Å². The van der Waals surface area contributed by atoms with Gasteiger partial charge in [-0.2, -0.15) is 0 Å². The highest BCUT2D eigenvalue weighted by atomic mass is 16.6. The summed E-state index contributed by atoms with van der Waals surface area (Å²) < 4.78 is 10.8. The molecule has 0 saturated carbocycles. The van der Waals surface area contributed by atoms with E-state index >= 15 is 0 Å². The minimum atomic E-state index is -1.01. The third kappa shape index (κ3) is 3.36. The highest BCUT2D eigenvalue weighted by Gasteiger charge is 2.32. The molecule has 98 valence electrons. The average molecular weight is 248 g/mol. The van der Waals surface area contributed by atoms with Crippen LogP contribution in [0, 0.1) is 13.8 Å². The monoisotopic (exact) mass is 248 g/mol. The van der Waals surface area contributed by atoms with Crippen LogP contribution in [-0.2, 0) is 9.53 Å². The molecular weight excluding hydrogens is 228 g/mol. The van der Waals surface area contributed by atoms with E-state index in [1.54, 1.807) is 13.8 Å². The summed E-state index contributed by atoms with van der Waals surface area (Å²) >= 11 is 0. The van der Waals surface area contributed by atoms with Crippen LogP contribution in [0.25, 0.3) is 0 Å². The van der Waals surface area contributed by atoms with Gasteiger partial charge in [-0.05, 0) is 44.9 Å². The second-order valence-corrected chi connectivity index (χ2v) is 4.70. The van der Waals surface area contributed by atoms with Gasteiger partial charge >= 0.3 is 5.97 Å². The van der Waals surface area contributed by atoms with Crippen LogP contribution in [0.5, 0.6) is 5.75 Å². The summed E-state index contributed by atoms with van der Waals surface area (Å²) in [5, 5.41) is 0. The minimum absolute atomic E-state index is 0.193. The van der Waals surface area contributed by atoms with Crippen molar-refractivity contribution in [2.75, 3.05) is 6.61 Å². The average Bonchev–Trinajstić information content (AvgIpc) is 2.31. The summed E-state index contributed by atoms with van der Waals surface area (Å²) in [5.41, 5.74) is 1.14. The molecule has 0 saturated heterocycles. The Labute approximate surface area is 108 Å². The number of hydrogen-bond acceptors (Lipinski definition) is 3. The van der Waals surface area contributed by atoms with Crippen molar-refractivity contribution >= 4 is 5.97 Å². The summed E-state index contributed by atoms with van der Waals surface area (Å²) in [6, 6.07) is 5.76. The molecule has 1 rings (SSSR count). The van der Waals surface area contributed by atoms with Crippen molar-refractivity contribution in [2.24, 2.45) is 0 Å². The van der Waals surface area contributed by atoms with Gasteiger partial charge in [-0.1, -0.05) is 24.8 Å². The lowest BCUT2D eigenvalue weighted by molar-refractivity contribution is -0.158. The van der Waals surface area contributed by atoms with Gasteiger partial charge in [0, 0.05) is 0 Å². The van der Waals surface area contributed by atoms with Crippen molar-refractivity contribution in [2.45, 2.75) is 33.3 Å². The number of esters is 1. The van der Waals surface area contributed by atoms with Crippen molar-refractivity contribution in [1.82, 2.24) is 0 Å². The quantitative estimate of drug-likeness (QED) is 0.593.